The highest BCUT2D eigenvalue weighted by atomic mass is 32.2. The fourth-order valence-electron chi connectivity index (χ4n) is 1.24. The summed E-state index contributed by atoms with van der Waals surface area (Å²) in [6.07, 6.45) is 1.57. The number of carbonyl (C=O) groups is 1. The zero-order chi connectivity index (χ0) is 12.9. The maximum absolute atomic E-state index is 11.7. The summed E-state index contributed by atoms with van der Waals surface area (Å²) in [6, 6.07) is 6.18. The molecule has 0 radical (unpaired) electrons. The van der Waals surface area contributed by atoms with E-state index in [-0.39, 0.29) is 11.3 Å². The highest BCUT2D eigenvalue weighted by Gasteiger charge is 2.19. The molecule has 0 aliphatic rings. The normalized spacial score (nSPS) is 11.2. The van der Waals surface area contributed by atoms with Gasteiger partial charge in [0.25, 0.3) is 0 Å². The molecule has 1 aromatic carbocycles. The zero-order valence-corrected chi connectivity index (χ0v) is 10.8. The average molecular weight is 256 g/mol. The molecule has 5 heteroatoms. The minimum Gasteiger partial charge on any atom is -0.342 e. The molecule has 1 rings (SSSR count). The van der Waals surface area contributed by atoms with Crippen molar-refractivity contribution < 1.29 is 17.4 Å². The zero-order valence-electron chi connectivity index (χ0n) is 9.97. The third-order valence-corrected chi connectivity index (χ3v) is 3.50. The molecule has 0 amide bonds. The van der Waals surface area contributed by atoms with Crippen LogP contribution in [0.4, 0.5) is 0 Å². The smallest absolute Gasteiger partial charge is 0.341 e. The summed E-state index contributed by atoms with van der Waals surface area (Å²) in [5.74, 6) is -0.701. The number of hydrogen-bond acceptors (Lipinski definition) is 4. The lowest BCUT2D eigenvalue weighted by Gasteiger charge is -2.05. The fraction of sp³-hybridized carbons (Fsp3) is 0.417. The fourth-order valence-corrected chi connectivity index (χ4v) is 2.13. The van der Waals surface area contributed by atoms with Crippen molar-refractivity contribution in [2.24, 2.45) is 0 Å². The van der Waals surface area contributed by atoms with Crippen LogP contribution in [0.2, 0.25) is 0 Å². The number of unbranched alkanes of at least 4 members (excludes halogenated alkanes) is 1. The number of rotatable bonds is 5. The van der Waals surface area contributed by atoms with E-state index in [1.165, 1.54) is 12.1 Å². The number of benzene rings is 1. The first kappa shape index (κ1) is 13.7. The van der Waals surface area contributed by atoms with E-state index in [9.17, 15) is 13.2 Å². The summed E-state index contributed by atoms with van der Waals surface area (Å²) in [7, 11) is -3.96. The van der Waals surface area contributed by atoms with E-state index < -0.39 is 16.1 Å². The van der Waals surface area contributed by atoms with E-state index in [2.05, 4.69) is 4.18 Å². The largest absolute Gasteiger partial charge is 0.342 e. The Balaban J connectivity index is 2.75. The summed E-state index contributed by atoms with van der Waals surface area (Å²) < 4.78 is 27.8. The van der Waals surface area contributed by atoms with Gasteiger partial charge in [0.15, 0.2) is 0 Å². The summed E-state index contributed by atoms with van der Waals surface area (Å²) in [5.41, 5.74) is 0.946. The van der Waals surface area contributed by atoms with Gasteiger partial charge in [0, 0.05) is 6.42 Å². The van der Waals surface area contributed by atoms with Crippen molar-refractivity contribution in [2.45, 2.75) is 38.0 Å². The van der Waals surface area contributed by atoms with Crippen LogP contribution in [0, 0.1) is 6.92 Å². The second-order valence-electron chi connectivity index (χ2n) is 3.83. The third kappa shape index (κ3) is 4.19. The van der Waals surface area contributed by atoms with Crippen LogP contribution in [-0.2, 0) is 19.1 Å². The Kier molecular flexibility index (Phi) is 4.69. The van der Waals surface area contributed by atoms with Crippen LogP contribution in [-0.4, -0.2) is 14.4 Å². The van der Waals surface area contributed by atoms with E-state index in [4.69, 9.17) is 0 Å². The molecule has 1 aromatic rings. The molecular formula is C12H16O4S. The first-order chi connectivity index (χ1) is 7.95. The quantitative estimate of drug-likeness (QED) is 0.759. The molecule has 17 heavy (non-hydrogen) atoms. The van der Waals surface area contributed by atoms with Crippen molar-refractivity contribution in [1.29, 1.82) is 0 Å². The van der Waals surface area contributed by atoms with Crippen molar-refractivity contribution in [3.05, 3.63) is 29.8 Å². The molecule has 0 heterocycles. The SMILES string of the molecule is CCCCC(=O)OS(=O)(=O)c1ccc(C)cc1. The Bertz CT molecular complexity index is 474. The van der Waals surface area contributed by atoms with Crippen LogP contribution in [0.15, 0.2) is 29.2 Å². The standard InChI is InChI=1S/C12H16O4S/c1-3-4-5-12(13)16-17(14,15)11-8-6-10(2)7-9-11/h6-9H,3-5H2,1-2H3. The molecule has 0 fully saturated rings. The van der Waals surface area contributed by atoms with Crippen LogP contribution in [0.3, 0.4) is 0 Å². The Labute approximate surface area is 102 Å². The molecule has 4 nitrogen and oxygen atoms in total. The minimum atomic E-state index is -3.96. The Morgan fingerprint density at radius 3 is 2.35 bits per heavy atom. The van der Waals surface area contributed by atoms with Gasteiger partial charge in [0.2, 0.25) is 0 Å². The number of carbonyl (C=O) groups excluding carboxylic acids is 1. The monoisotopic (exact) mass is 256 g/mol. The van der Waals surface area contributed by atoms with Gasteiger partial charge < -0.3 is 4.18 Å². The molecular weight excluding hydrogens is 240 g/mol. The summed E-state index contributed by atoms with van der Waals surface area (Å²) >= 11 is 0. The van der Waals surface area contributed by atoms with Gasteiger partial charge in [-0.05, 0) is 25.5 Å². The van der Waals surface area contributed by atoms with E-state index >= 15 is 0 Å². The molecule has 0 spiro atoms. The van der Waals surface area contributed by atoms with Crippen molar-refractivity contribution >= 4 is 16.1 Å². The molecule has 0 saturated carbocycles. The summed E-state index contributed by atoms with van der Waals surface area (Å²) in [6.45, 7) is 3.77. The van der Waals surface area contributed by atoms with Crippen LogP contribution in [0.25, 0.3) is 0 Å². The molecule has 0 aliphatic heterocycles. The predicted molar refractivity (Wildman–Crippen MR) is 64.0 cm³/mol. The molecule has 94 valence electrons. The van der Waals surface area contributed by atoms with E-state index in [0.29, 0.717) is 6.42 Å². The Hall–Kier alpha value is -1.36. The van der Waals surface area contributed by atoms with Crippen molar-refractivity contribution in [3.8, 4) is 0 Å². The summed E-state index contributed by atoms with van der Waals surface area (Å²) in [5, 5.41) is 0. The second-order valence-corrected chi connectivity index (χ2v) is 5.37. The first-order valence-electron chi connectivity index (χ1n) is 5.49. The Morgan fingerprint density at radius 2 is 1.82 bits per heavy atom. The molecule has 0 atom stereocenters. The highest BCUT2D eigenvalue weighted by Crippen LogP contribution is 2.14. The van der Waals surface area contributed by atoms with Gasteiger partial charge in [0.05, 0.1) is 0 Å². The Morgan fingerprint density at radius 1 is 1.24 bits per heavy atom. The lowest BCUT2D eigenvalue weighted by molar-refractivity contribution is -0.133. The van der Waals surface area contributed by atoms with Gasteiger partial charge in [0.1, 0.15) is 4.90 Å². The lowest BCUT2D eigenvalue weighted by atomic mass is 10.2. The van der Waals surface area contributed by atoms with Crippen molar-refractivity contribution in [1.82, 2.24) is 0 Å². The topological polar surface area (TPSA) is 60.4 Å². The van der Waals surface area contributed by atoms with Crippen molar-refractivity contribution in [2.75, 3.05) is 0 Å². The maximum Gasteiger partial charge on any atom is 0.341 e. The third-order valence-electron chi connectivity index (χ3n) is 2.25. The predicted octanol–water partition coefficient (Wildman–Crippen LogP) is 2.42. The average Bonchev–Trinajstić information content (AvgIpc) is 2.26. The molecule has 0 bridgehead atoms. The number of aryl methyl sites for hydroxylation is 1. The molecule has 0 unspecified atom stereocenters. The molecule has 0 aromatic heterocycles. The molecule has 0 saturated heterocycles. The second kappa shape index (κ2) is 5.82. The van der Waals surface area contributed by atoms with Gasteiger partial charge in [-0.3, -0.25) is 4.79 Å². The van der Waals surface area contributed by atoms with E-state index in [1.54, 1.807) is 12.1 Å². The van der Waals surface area contributed by atoms with Gasteiger partial charge in [-0.15, -0.1) is 0 Å². The van der Waals surface area contributed by atoms with Crippen LogP contribution in [0.1, 0.15) is 31.7 Å². The van der Waals surface area contributed by atoms with Gasteiger partial charge in [-0.2, -0.15) is 8.42 Å². The van der Waals surface area contributed by atoms with Crippen LogP contribution in [0.5, 0.6) is 0 Å². The van der Waals surface area contributed by atoms with Crippen LogP contribution >= 0.6 is 0 Å². The van der Waals surface area contributed by atoms with Gasteiger partial charge in [-0.1, -0.05) is 31.0 Å². The van der Waals surface area contributed by atoms with E-state index in [0.717, 1.165) is 12.0 Å². The van der Waals surface area contributed by atoms with Gasteiger partial charge in [-0.25, -0.2) is 0 Å². The number of hydrogen-bond donors (Lipinski definition) is 0. The highest BCUT2D eigenvalue weighted by molar-refractivity contribution is 7.87. The maximum atomic E-state index is 11.7. The van der Waals surface area contributed by atoms with Crippen molar-refractivity contribution in [3.63, 3.8) is 0 Å². The van der Waals surface area contributed by atoms with Gasteiger partial charge >= 0.3 is 16.1 Å². The van der Waals surface area contributed by atoms with Crippen LogP contribution < -0.4 is 0 Å². The summed E-state index contributed by atoms with van der Waals surface area (Å²) in [4.78, 5) is 11.3. The van der Waals surface area contributed by atoms with E-state index in [1.807, 2.05) is 13.8 Å². The first-order valence-corrected chi connectivity index (χ1v) is 6.90. The lowest BCUT2D eigenvalue weighted by Crippen LogP contribution is -2.13. The molecule has 0 aliphatic carbocycles. The molecule has 0 N–H and O–H groups in total. The minimum absolute atomic E-state index is 0.00736.